The number of carboxylic acids is 1. The van der Waals surface area contributed by atoms with Gasteiger partial charge in [0.15, 0.2) is 0 Å². The first kappa shape index (κ1) is 15.4. The molecule has 1 amide bonds. The first-order valence-electron chi connectivity index (χ1n) is 6.61. The molecule has 20 heavy (non-hydrogen) atoms. The van der Waals surface area contributed by atoms with Crippen LogP contribution < -0.4 is 5.32 Å². The van der Waals surface area contributed by atoms with Gasteiger partial charge >= 0.3 is 5.97 Å². The average molecular weight is 313 g/mol. The summed E-state index contributed by atoms with van der Waals surface area (Å²) in [5, 5.41) is 11.7. The van der Waals surface area contributed by atoms with Crippen molar-refractivity contribution < 1.29 is 14.7 Å². The first-order chi connectivity index (χ1) is 9.37. The van der Waals surface area contributed by atoms with Crippen molar-refractivity contribution in [2.24, 2.45) is 0 Å². The largest absolute Gasteiger partial charge is 0.481 e. The number of rotatable bonds is 5. The SMILES string of the molecule is CC(C)(CCC(=O)O)NC(=O)c1cc2c(s1)CCSC2. The molecule has 0 radical (unpaired) electrons. The Morgan fingerprint density at radius 3 is 2.85 bits per heavy atom. The summed E-state index contributed by atoms with van der Waals surface area (Å²) in [5.41, 5.74) is 0.772. The molecule has 0 aliphatic carbocycles. The predicted molar refractivity (Wildman–Crippen MR) is 82.6 cm³/mol. The van der Waals surface area contributed by atoms with E-state index in [1.165, 1.54) is 10.4 Å². The molecule has 1 aliphatic rings. The third kappa shape index (κ3) is 3.99. The van der Waals surface area contributed by atoms with E-state index in [1.807, 2.05) is 31.7 Å². The van der Waals surface area contributed by atoms with E-state index in [0.29, 0.717) is 6.42 Å². The second-order valence-corrected chi connectivity index (χ2v) is 7.84. The van der Waals surface area contributed by atoms with Crippen molar-refractivity contribution in [2.75, 3.05) is 5.75 Å². The van der Waals surface area contributed by atoms with Crippen LogP contribution in [-0.2, 0) is 17.0 Å². The van der Waals surface area contributed by atoms with Gasteiger partial charge in [0, 0.05) is 22.6 Å². The van der Waals surface area contributed by atoms with E-state index in [4.69, 9.17) is 5.11 Å². The summed E-state index contributed by atoms with van der Waals surface area (Å²) in [4.78, 5) is 24.9. The van der Waals surface area contributed by atoms with Crippen LogP contribution in [0.25, 0.3) is 0 Å². The summed E-state index contributed by atoms with van der Waals surface area (Å²) in [6, 6.07) is 1.98. The van der Waals surface area contributed by atoms with E-state index < -0.39 is 11.5 Å². The zero-order chi connectivity index (χ0) is 14.8. The minimum Gasteiger partial charge on any atom is -0.481 e. The van der Waals surface area contributed by atoms with Gasteiger partial charge in [0.1, 0.15) is 0 Å². The Kier molecular flexibility index (Phi) is 4.75. The van der Waals surface area contributed by atoms with Gasteiger partial charge in [-0.25, -0.2) is 0 Å². The zero-order valence-electron chi connectivity index (χ0n) is 11.7. The molecule has 0 atom stereocenters. The summed E-state index contributed by atoms with van der Waals surface area (Å²) >= 11 is 3.46. The van der Waals surface area contributed by atoms with Gasteiger partial charge in [-0.3, -0.25) is 9.59 Å². The van der Waals surface area contributed by atoms with Crippen LogP contribution in [0.5, 0.6) is 0 Å². The maximum atomic E-state index is 12.3. The number of amides is 1. The molecule has 1 aliphatic heterocycles. The summed E-state index contributed by atoms with van der Waals surface area (Å²) in [7, 11) is 0. The number of thioether (sulfide) groups is 1. The van der Waals surface area contributed by atoms with Crippen LogP contribution in [0.1, 0.15) is 46.8 Å². The number of hydrogen-bond acceptors (Lipinski definition) is 4. The van der Waals surface area contributed by atoms with Crippen LogP contribution in [0.2, 0.25) is 0 Å². The van der Waals surface area contributed by atoms with E-state index in [0.717, 1.165) is 22.8 Å². The highest BCUT2D eigenvalue weighted by Gasteiger charge is 2.24. The highest BCUT2D eigenvalue weighted by molar-refractivity contribution is 7.98. The Balaban J connectivity index is 2.00. The van der Waals surface area contributed by atoms with E-state index in [9.17, 15) is 9.59 Å². The van der Waals surface area contributed by atoms with E-state index in [1.54, 1.807) is 11.3 Å². The molecule has 6 heteroatoms. The molecule has 1 aromatic heterocycles. The molecular weight excluding hydrogens is 294 g/mol. The second kappa shape index (κ2) is 6.18. The molecule has 0 bridgehead atoms. The monoisotopic (exact) mass is 313 g/mol. The van der Waals surface area contributed by atoms with Crippen LogP contribution in [0.4, 0.5) is 0 Å². The lowest BCUT2D eigenvalue weighted by Gasteiger charge is -2.25. The van der Waals surface area contributed by atoms with E-state index >= 15 is 0 Å². The third-order valence-corrected chi connectivity index (χ3v) is 5.51. The van der Waals surface area contributed by atoms with Crippen molar-refractivity contribution in [2.45, 2.75) is 44.4 Å². The van der Waals surface area contributed by atoms with Crippen molar-refractivity contribution in [1.82, 2.24) is 5.32 Å². The van der Waals surface area contributed by atoms with Gasteiger partial charge in [0.05, 0.1) is 4.88 Å². The van der Waals surface area contributed by atoms with Gasteiger partial charge in [-0.1, -0.05) is 0 Å². The number of aliphatic carboxylic acids is 1. The summed E-state index contributed by atoms with van der Waals surface area (Å²) in [5.74, 6) is 1.18. The fraction of sp³-hybridized carbons (Fsp3) is 0.571. The van der Waals surface area contributed by atoms with Crippen LogP contribution >= 0.6 is 23.1 Å². The Labute approximate surface area is 127 Å². The van der Waals surface area contributed by atoms with Crippen molar-refractivity contribution in [1.29, 1.82) is 0 Å². The van der Waals surface area contributed by atoms with Gasteiger partial charge in [0.25, 0.3) is 5.91 Å². The first-order valence-corrected chi connectivity index (χ1v) is 8.58. The number of thiophene rings is 1. The van der Waals surface area contributed by atoms with Crippen molar-refractivity contribution >= 4 is 35.0 Å². The van der Waals surface area contributed by atoms with Crippen molar-refractivity contribution in [3.05, 3.63) is 21.4 Å². The van der Waals surface area contributed by atoms with Gasteiger partial charge in [-0.2, -0.15) is 11.8 Å². The van der Waals surface area contributed by atoms with Gasteiger partial charge in [0.2, 0.25) is 0 Å². The highest BCUT2D eigenvalue weighted by atomic mass is 32.2. The average Bonchev–Trinajstić information content (AvgIpc) is 2.80. The smallest absolute Gasteiger partial charge is 0.303 e. The molecule has 110 valence electrons. The highest BCUT2D eigenvalue weighted by Crippen LogP contribution is 2.31. The molecule has 0 fully saturated rings. The number of nitrogens with one attached hydrogen (secondary N) is 1. The van der Waals surface area contributed by atoms with Crippen LogP contribution in [0.15, 0.2) is 6.07 Å². The minimum atomic E-state index is -0.837. The summed E-state index contributed by atoms with van der Waals surface area (Å²) in [6.45, 7) is 3.72. The molecule has 2 heterocycles. The Hall–Kier alpha value is -1.01. The molecule has 0 saturated carbocycles. The van der Waals surface area contributed by atoms with Crippen molar-refractivity contribution in [3.8, 4) is 0 Å². The minimum absolute atomic E-state index is 0.0604. The molecule has 0 unspecified atom stereocenters. The number of fused-ring (bicyclic) bond motifs is 1. The maximum absolute atomic E-state index is 12.3. The zero-order valence-corrected chi connectivity index (χ0v) is 13.3. The van der Waals surface area contributed by atoms with Crippen LogP contribution in [-0.4, -0.2) is 28.3 Å². The molecule has 0 saturated heterocycles. The summed E-state index contributed by atoms with van der Waals surface area (Å²) < 4.78 is 0. The quantitative estimate of drug-likeness (QED) is 0.877. The standard InChI is InChI=1S/C14H19NO3S2/c1-14(2,5-3-12(16)17)15-13(18)11-7-9-8-19-6-4-10(9)20-11/h7H,3-6,8H2,1-2H3,(H,15,18)(H,16,17). The van der Waals surface area contributed by atoms with Gasteiger partial charge < -0.3 is 10.4 Å². The Bertz CT molecular complexity index is 499. The number of carbonyl (C=O) groups is 2. The lowest BCUT2D eigenvalue weighted by Crippen LogP contribution is -2.43. The fourth-order valence-electron chi connectivity index (χ4n) is 2.11. The normalized spacial score (nSPS) is 14.7. The molecular formula is C14H19NO3S2. The lowest BCUT2D eigenvalue weighted by atomic mass is 9.98. The molecule has 4 nitrogen and oxygen atoms in total. The summed E-state index contributed by atoms with van der Waals surface area (Å²) in [6.07, 6.45) is 1.53. The fourth-order valence-corrected chi connectivity index (χ4v) is 4.38. The van der Waals surface area contributed by atoms with E-state index in [-0.39, 0.29) is 12.3 Å². The lowest BCUT2D eigenvalue weighted by molar-refractivity contribution is -0.137. The van der Waals surface area contributed by atoms with Crippen molar-refractivity contribution in [3.63, 3.8) is 0 Å². The number of hydrogen-bond donors (Lipinski definition) is 2. The number of carboxylic acid groups (broad SMARTS) is 1. The van der Waals surface area contributed by atoms with Gasteiger partial charge in [-0.05, 0) is 44.1 Å². The van der Waals surface area contributed by atoms with Crippen LogP contribution in [0.3, 0.4) is 0 Å². The molecule has 1 aromatic rings. The van der Waals surface area contributed by atoms with Crippen LogP contribution in [0, 0.1) is 0 Å². The molecule has 2 rings (SSSR count). The third-order valence-electron chi connectivity index (χ3n) is 3.27. The van der Waals surface area contributed by atoms with Gasteiger partial charge in [-0.15, -0.1) is 11.3 Å². The molecule has 0 spiro atoms. The number of carbonyl (C=O) groups excluding carboxylic acids is 1. The molecule has 2 N–H and O–H groups in total. The second-order valence-electron chi connectivity index (χ2n) is 5.59. The Morgan fingerprint density at radius 1 is 1.45 bits per heavy atom. The maximum Gasteiger partial charge on any atom is 0.303 e. The molecule has 0 aromatic carbocycles. The number of aryl methyl sites for hydroxylation is 1. The van der Waals surface area contributed by atoms with E-state index in [2.05, 4.69) is 5.32 Å². The topological polar surface area (TPSA) is 66.4 Å². The predicted octanol–water partition coefficient (Wildman–Crippen LogP) is 2.91. The Morgan fingerprint density at radius 2 is 2.20 bits per heavy atom.